The van der Waals surface area contributed by atoms with Crippen LogP contribution in [-0.4, -0.2) is 40.1 Å². The van der Waals surface area contributed by atoms with E-state index in [1.54, 1.807) is 0 Å². The van der Waals surface area contributed by atoms with E-state index >= 15 is 0 Å². The summed E-state index contributed by atoms with van der Waals surface area (Å²) in [6, 6.07) is 0. The van der Waals surface area contributed by atoms with E-state index in [0.717, 1.165) is 18.8 Å². The second kappa shape index (κ2) is 8.36. The highest BCUT2D eigenvalue weighted by atomic mass is 28.4. The minimum absolute atomic E-state index is 0.102. The highest BCUT2D eigenvalue weighted by Gasteiger charge is 2.42. The number of aliphatic hydroxyl groups excluding tert-OH is 1. The van der Waals surface area contributed by atoms with Gasteiger partial charge in [-0.3, -0.25) is 0 Å². The molecular weight excluding hydrogens is 356 g/mol. The van der Waals surface area contributed by atoms with Crippen molar-refractivity contribution in [1.29, 1.82) is 0 Å². The molecule has 2 saturated carbocycles. The molecule has 0 atom stereocenters. The third-order valence-corrected chi connectivity index (χ3v) is 16.0. The fraction of sp³-hybridized carbons (Fsp3) is 1.00. The Morgan fingerprint density at radius 3 is 1.23 bits per heavy atom. The molecular formula is C21H46O3Si2. The molecule has 0 aromatic rings. The molecule has 0 unspecified atom stereocenters. The summed E-state index contributed by atoms with van der Waals surface area (Å²) >= 11 is 0. The molecule has 26 heavy (non-hydrogen) atoms. The van der Waals surface area contributed by atoms with Crippen molar-refractivity contribution in [3.63, 3.8) is 0 Å². The van der Waals surface area contributed by atoms with Crippen molar-refractivity contribution in [2.45, 2.75) is 129 Å². The molecule has 3 nitrogen and oxygen atoms in total. The molecule has 0 amide bonds. The SMILES string of the molecule is CC(C)(C)[Si](C)(C)OC1CC(O)C1.CC1CC(O[Si](C)(C)C(C)(C)C)C1. The molecule has 2 aliphatic carbocycles. The predicted octanol–water partition coefficient (Wildman–Crippen LogP) is 6.34. The van der Waals surface area contributed by atoms with Crippen LogP contribution in [0.25, 0.3) is 0 Å². The Morgan fingerprint density at radius 1 is 0.692 bits per heavy atom. The molecule has 0 radical (unpaired) electrons. The van der Waals surface area contributed by atoms with Gasteiger partial charge in [-0.2, -0.15) is 0 Å². The normalized spacial score (nSPS) is 30.0. The van der Waals surface area contributed by atoms with Crippen LogP contribution in [0.4, 0.5) is 0 Å². The minimum Gasteiger partial charge on any atom is -0.414 e. The van der Waals surface area contributed by atoms with Crippen LogP contribution in [0, 0.1) is 5.92 Å². The Morgan fingerprint density at radius 2 is 1.00 bits per heavy atom. The van der Waals surface area contributed by atoms with Crippen LogP contribution < -0.4 is 0 Å². The summed E-state index contributed by atoms with van der Waals surface area (Å²) < 4.78 is 12.3. The van der Waals surface area contributed by atoms with Crippen molar-refractivity contribution >= 4 is 16.6 Å². The van der Waals surface area contributed by atoms with E-state index in [-0.39, 0.29) is 11.1 Å². The van der Waals surface area contributed by atoms with E-state index < -0.39 is 16.6 Å². The standard InChI is InChI=1S/C11H24OSi.C10H22O2Si/c1-9-7-10(8-9)12-13(5,6)11(2,3)4;1-10(2,3)13(4,5)12-9-6-8(11)7-9/h9-10H,7-8H2,1-6H3;8-9,11H,6-7H2,1-5H3. The van der Waals surface area contributed by atoms with Crippen LogP contribution in [0.3, 0.4) is 0 Å². The fourth-order valence-electron chi connectivity index (χ4n) is 2.75. The first kappa shape index (κ1) is 24.4. The number of aliphatic hydroxyl groups is 1. The summed E-state index contributed by atoms with van der Waals surface area (Å²) in [7, 11) is -3.05. The number of hydrogen-bond donors (Lipinski definition) is 1. The molecule has 156 valence electrons. The van der Waals surface area contributed by atoms with Crippen LogP contribution >= 0.6 is 0 Å². The smallest absolute Gasteiger partial charge is 0.192 e. The van der Waals surface area contributed by atoms with Crippen LogP contribution in [0.2, 0.25) is 36.3 Å². The van der Waals surface area contributed by atoms with Gasteiger partial charge in [-0.1, -0.05) is 48.5 Å². The van der Waals surface area contributed by atoms with Crippen molar-refractivity contribution in [2.24, 2.45) is 5.92 Å². The highest BCUT2D eigenvalue weighted by molar-refractivity contribution is 6.74. The average molecular weight is 403 g/mol. The van der Waals surface area contributed by atoms with Crippen molar-refractivity contribution in [1.82, 2.24) is 0 Å². The van der Waals surface area contributed by atoms with Gasteiger partial charge in [0.1, 0.15) is 0 Å². The maximum absolute atomic E-state index is 9.15. The number of hydrogen-bond acceptors (Lipinski definition) is 3. The zero-order valence-corrected chi connectivity index (χ0v) is 21.4. The van der Waals surface area contributed by atoms with Crippen molar-refractivity contribution in [2.75, 3.05) is 0 Å². The summed E-state index contributed by atoms with van der Waals surface area (Å²) in [4.78, 5) is 0. The second-order valence-corrected chi connectivity index (χ2v) is 21.2. The molecule has 2 aliphatic rings. The van der Waals surface area contributed by atoms with Crippen LogP contribution in [0.15, 0.2) is 0 Å². The summed E-state index contributed by atoms with van der Waals surface area (Å²) in [6.07, 6.45) is 5.06. The van der Waals surface area contributed by atoms with E-state index in [4.69, 9.17) is 14.0 Å². The van der Waals surface area contributed by atoms with Gasteiger partial charge >= 0.3 is 0 Å². The largest absolute Gasteiger partial charge is 0.414 e. The molecule has 0 aromatic carbocycles. The van der Waals surface area contributed by atoms with Crippen molar-refractivity contribution < 1.29 is 14.0 Å². The van der Waals surface area contributed by atoms with Gasteiger partial charge in [-0.15, -0.1) is 0 Å². The molecule has 0 bridgehead atoms. The molecule has 2 rings (SSSR count). The zero-order valence-electron chi connectivity index (χ0n) is 19.4. The van der Waals surface area contributed by atoms with Gasteiger partial charge in [0.05, 0.1) is 6.10 Å². The van der Waals surface area contributed by atoms with Gasteiger partial charge in [0, 0.05) is 12.2 Å². The first-order valence-corrected chi connectivity index (χ1v) is 16.3. The van der Waals surface area contributed by atoms with Gasteiger partial charge in [-0.05, 0) is 67.9 Å². The third-order valence-electron chi connectivity index (χ3n) is 6.94. The van der Waals surface area contributed by atoms with Crippen molar-refractivity contribution in [3.05, 3.63) is 0 Å². The summed E-state index contributed by atoms with van der Waals surface area (Å²) in [5.41, 5.74) is 0. The van der Waals surface area contributed by atoms with Crippen LogP contribution in [0.5, 0.6) is 0 Å². The first-order chi connectivity index (χ1) is 11.4. The van der Waals surface area contributed by atoms with Gasteiger partial charge in [-0.25, -0.2) is 0 Å². The van der Waals surface area contributed by atoms with Gasteiger partial charge in [0.25, 0.3) is 0 Å². The molecule has 2 fully saturated rings. The quantitative estimate of drug-likeness (QED) is 0.558. The Hall–Kier alpha value is 0.314. The summed E-state index contributed by atoms with van der Waals surface area (Å²) in [6.45, 7) is 25.2. The van der Waals surface area contributed by atoms with E-state index in [1.807, 2.05) is 0 Å². The lowest BCUT2D eigenvalue weighted by atomic mass is 9.84. The molecule has 0 spiro atoms. The average Bonchev–Trinajstić information content (AvgIpc) is 2.32. The van der Waals surface area contributed by atoms with Crippen LogP contribution in [-0.2, 0) is 8.85 Å². The first-order valence-electron chi connectivity index (χ1n) is 10.5. The fourth-order valence-corrected chi connectivity index (χ4v) is 5.50. The Labute approximate surface area is 165 Å². The van der Waals surface area contributed by atoms with E-state index in [9.17, 15) is 0 Å². The third kappa shape index (κ3) is 6.73. The molecule has 1 N–H and O–H groups in total. The molecule has 0 aromatic heterocycles. The van der Waals surface area contributed by atoms with Crippen LogP contribution in [0.1, 0.15) is 74.1 Å². The van der Waals surface area contributed by atoms with E-state index in [1.165, 1.54) is 12.8 Å². The maximum Gasteiger partial charge on any atom is 0.192 e. The van der Waals surface area contributed by atoms with Gasteiger partial charge in [0.15, 0.2) is 16.6 Å². The predicted molar refractivity (Wildman–Crippen MR) is 118 cm³/mol. The molecule has 0 aliphatic heterocycles. The Bertz CT molecular complexity index is 395. The Kier molecular flexibility index (Phi) is 7.83. The van der Waals surface area contributed by atoms with Gasteiger partial charge < -0.3 is 14.0 Å². The summed E-state index contributed by atoms with van der Waals surface area (Å²) in [5, 5.41) is 9.81. The molecule has 5 heteroatoms. The zero-order chi connectivity index (χ0) is 20.6. The highest BCUT2D eigenvalue weighted by Crippen LogP contribution is 2.41. The van der Waals surface area contributed by atoms with Gasteiger partial charge in [0.2, 0.25) is 0 Å². The lowest BCUT2D eigenvalue weighted by Gasteiger charge is -2.44. The maximum atomic E-state index is 9.15. The van der Waals surface area contributed by atoms with E-state index in [2.05, 4.69) is 74.7 Å². The second-order valence-electron chi connectivity index (χ2n) is 11.7. The monoisotopic (exact) mass is 402 g/mol. The Balaban J connectivity index is 0.000000260. The number of rotatable bonds is 4. The minimum atomic E-state index is -1.58. The summed E-state index contributed by atoms with van der Waals surface area (Å²) in [5.74, 6) is 0.898. The molecule has 0 heterocycles. The topological polar surface area (TPSA) is 38.7 Å². The lowest BCUT2D eigenvalue weighted by molar-refractivity contribution is -0.0177. The van der Waals surface area contributed by atoms with E-state index in [0.29, 0.717) is 17.2 Å². The molecule has 0 saturated heterocycles. The lowest BCUT2D eigenvalue weighted by Crippen LogP contribution is -2.48. The van der Waals surface area contributed by atoms with Crippen molar-refractivity contribution in [3.8, 4) is 0 Å².